The number of fused-ring (bicyclic) bond motifs is 1. The van der Waals surface area contributed by atoms with Gasteiger partial charge in [0.15, 0.2) is 0 Å². The lowest BCUT2D eigenvalue weighted by Crippen LogP contribution is -2.49. The average molecular weight is 511 g/mol. The lowest BCUT2D eigenvalue weighted by atomic mass is 10.2. The Morgan fingerprint density at radius 3 is 2.46 bits per heavy atom. The number of pyridine rings is 1. The summed E-state index contributed by atoms with van der Waals surface area (Å²) in [6.45, 7) is 3.62. The summed E-state index contributed by atoms with van der Waals surface area (Å²) in [7, 11) is 3.74. The van der Waals surface area contributed by atoms with E-state index in [1.165, 1.54) is 12.8 Å². The number of anilines is 3. The van der Waals surface area contributed by atoms with Gasteiger partial charge in [-0.25, -0.2) is 9.97 Å². The van der Waals surface area contributed by atoms with E-state index >= 15 is 0 Å². The van der Waals surface area contributed by atoms with Crippen LogP contribution in [0.3, 0.4) is 0 Å². The van der Waals surface area contributed by atoms with Crippen molar-refractivity contribution in [3.05, 3.63) is 36.3 Å². The number of hydrogen-bond donors (Lipinski definition) is 4. The van der Waals surface area contributed by atoms with Crippen LogP contribution >= 0.6 is 0 Å². The maximum absolute atomic E-state index is 10.8. The van der Waals surface area contributed by atoms with Crippen LogP contribution in [0.4, 0.5) is 17.5 Å². The first kappa shape index (κ1) is 25.8. The molecule has 2 unspecified atom stereocenters. The molecule has 0 aromatic carbocycles. The van der Waals surface area contributed by atoms with Crippen LogP contribution in [0.2, 0.25) is 0 Å². The van der Waals surface area contributed by atoms with E-state index in [4.69, 9.17) is 10.1 Å². The number of β-amino-alcohol motifs (C(OH)–C–C–N with tert-alkyl or cyclic N) is 1. The molecule has 3 aromatic heterocycles. The van der Waals surface area contributed by atoms with Crippen LogP contribution in [0.25, 0.3) is 11.0 Å². The van der Waals surface area contributed by atoms with Crippen LogP contribution in [0.1, 0.15) is 43.6 Å². The van der Waals surface area contributed by atoms with E-state index in [0.717, 1.165) is 61.4 Å². The van der Waals surface area contributed by atoms with Gasteiger partial charge in [0.1, 0.15) is 17.7 Å². The predicted molar refractivity (Wildman–Crippen MR) is 143 cm³/mol. The van der Waals surface area contributed by atoms with Crippen molar-refractivity contribution < 1.29 is 15.3 Å². The minimum Gasteiger partial charge on any atom is -0.394 e. The molecule has 2 fully saturated rings. The van der Waals surface area contributed by atoms with Crippen molar-refractivity contribution in [2.75, 3.05) is 63.6 Å². The van der Waals surface area contributed by atoms with Crippen molar-refractivity contribution in [2.45, 2.75) is 44.1 Å². The maximum Gasteiger partial charge on any atom is 0.230 e. The molecule has 4 heterocycles. The Balaban J connectivity index is 1.30. The molecule has 11 nitrogen and oxygen atoms in total. The Morgan fingerprint density at radius 1 is 1.05 bits per heavy atom. The number of hydrogen-bond acceptors (Lipinski definition) is 10. The highest BCUT2D eigenvalue weighted by Gasteiger charge is 2.27. The fourth-order valence-corrected chi connectivity index (χ4v) is 5.40. The fraction of sp³-hybridized carbons (Fsp3) is 0.577. The van der Waals surface area contributed by atoms with E-state index in [2.05, 4.69) is 29.7 Å². The van der Waals surface area contributed by atoms with Gasteiger partial charge in [-0.05, 0) is 45.1 Å². The summed E-state index contributed by atoms with van der Waals surface area (Å²) in [6.07, 6.45) is 6.82. The van der Waals surface area contributed by atoms with Crippen LogP contribution in [-0.4, -0.2) is 104 Å². The van der Waals surface area contributed by atoms with Gasteiger partial charge < -0.3 is 30.1 Å². The molecule has 4 N–H and O–H groups in total. The molecule has 0 radical (unpaired) electrons. The first-order valence-electron chi connectivity index (χ1n) is 13.1. The number of aromatic nitrogens is 4. The highest BCUT2D eigenvalue weighted by Crippen LogP contribution is 2.36. The minimum atomic E-state index is -0.706. The predicted octanol–water partition coefficient (Wildman–Crippen LogP) is 1.71. The molecule has 200 valence electrons. The van der Waals surface area contributed by atoms with Crippen molar-refractivity contribution in [1.29, 1.82) is 0 Å². The smallest absolute Gasteiger partial charge is 0.230 e. The third-order valence-electron chi connectivity index (χ3n) is 7.45. The van der Waals surface area contributed by atoms with E-state index in [-0.39, 0.29) is 6.61 Å². The van der Waals surface area contributed by atoms with Gasteiger partial charge in [0.05, 0.1) is 30.3 Å². The van der Waals surface area contributed by atoms with E-state index in [0.29, 0.717) is 24.4 Å². The number of nitrogens with one attached hydrogen (secondary N) is 1. The van der Waals surface area contributed by atoms with Crippen molar-refractivity contribution >= 4 is 28.5 Å². The molecule has 0 amide bonds. The molecule has 2 aliphatic rings. The van der Waals surface area contributed by atoms with Crippen LogP contribution in [0.15, 0.2) is 30.6 Å². The summed E-state index contributed by atoms with van der Waals surface area (Å²) in [5, 5.41) is 33.7. The van der Waals surface area contributed by atoms with Gasteiger partial charge in [0, 0.05) is 50.3 Å². The van der Waals surface area contributed by atoms with E-state index < -0.39 is 12.3 Å². The van der Waals surface area contributed by atoms with Gasteiger partial charge in [-0.2, -0.15) is 4.98 Å². The first-order valence-corrected chi connectivity index (χ1v) is 13.1. The van der Waals surface area contributed by atoms with Gasteiger partial charge in [0.2, 0.25) is 5.95 Å². The molecule has 0 spiro atoms. The van der Waals surface area contributed by atoms with Gasteiger partial charge >= 0.3 is 0 Å². The lowest BCUT2D eigenvalue weighted by molar-refractivity contribution is 0.0319. The summed E-state index contributed by atoms with van der Waals surface area (Å²) < 4.78 is 2.20. The topological polar surface area (TPSA) is 126 Å². The monoisotopic (exact) mass is 510 g/mol. The van der Waals surface area contributed by atoms with E-state index in [1.807, 2.05) is 44.7 Å². The Bertz CT molecular complexity index is 1170. The van der Waals surface area contributed by atoms with Gasteiger partial charge in [0.25, 0.3) is 0 Å². The SMILES string of the molecule is CN(C)C(O)c1cc2cnc(Nc3ccc(N4CCN(CC(O)CO)CC4)cn3)nc2n1C1CCCC1. The van der Waals surface area contributed by atoms with E-state index in [1.54, 1.807) is 4.90 Å². The second-order valence-electron chi connectivity index (χ2n) is 10.3. The Morgan fingerprint density at radius 2 is 1.81 bits per heavy atom. The third kappa shape index (κ3) is 5.70. The highest BCUT2D eigenvalue weighted by atomic mass is 16.3. The standard InChI is InChI=1S/C26H38N8O3/c1-31(2)25(37)22-13-18-14-28-26(30-24(18)34(22)19-5-3-4-6-19)29-23-8-7-20(15-27-23)33-11-9-32(10-12-33)16-21(36)17-35/h7-8,13-15,19,21,25,35-37H,3-6,9-12,16-17H2,1-2H3,(H,27,28,29,30). The van der Waals surface area contributed by atoms with Crippen LogP contribution in [0, 0.1) is 0 Å². The van der Waals surface area contributed by atoms with E-state index in [9.17, 15) is 10.2 Å². The van der Waals surface area contributed by atoms with Gasteiger partial charge in [-0.1, -0.05) is 12.8 Å². The normalized spacial score (nSPS) is 19.1. The van der Waals surface area contributed by atoms with Gasteiger partial charge in [-0.15, -0.1) is 0 Å². The Hall–Kier alpha value is -2.83. The second-order valence-corrected chi connectivity index (χ2v) is 10.3. The zero-order valence-corrected chi connectivity index (χ0v) is 21.7. The highest BCUT2D eigenvalue weighted by molar-refractivity contribution is 5.78. The lowest BCUT2D eigenvalue weighted by Gasteiger charge is -2.36. The zero-order valence-electron chi connectivity index (χ0n) is 21.7. The quantitative estimate of drug-likeness (QED) is 0.316. The largest absolute Gasteiger partial charge is 0.394 e. The first-order chi connectivity index (χ1) is 17.9. The van der Waals surface area contributed by atoms with Crippen molar-refractivity contribution in [3.8, 4) is 0 Å². The van der Waals surface area contributed by atoms with Crippen molar-refractivity contribution in [3.63, 3.8) is 0 Å². The molecule has 3 aromatic rings. The number of rotatable bonds is 9. The Labute approximate surface area is 217 Å². The number of nitrogens with zero attached hydrogens (tertiary/aromatic N) is 7. The summed E-state index contributed by atoms with van der Waals surface area (Å²) in [5.74, 6) is 1.15. The minimum absolute atomic E-state index is 0.207. The molecule has 5 rings (SSSR count). The molecular formula is C26H38N8O3. The molecule has 11 heteroatoms. The molecule has 1 aliphatic heterocycles. The van der Waals surface area contributed by atoms with Crippen molar-refractivity contribution in [1.82, 2.24) is 29.3 Å². The molecular weight excluding hydrogens is 472 g/mol. The van der Waals surface area contributed by atoms with Crippen LogP contribution in [-0.2, 0) is 0 Å². The summed E-state index contributed by atoms with van der Waals surface area (Å²) in [6, 6.07) is 6.30. The van der Waals surface area contributed by atoms with Crippen molar-refractivity contribution in [2.24, 2.45) is 0 Å². The maximum atomic E-state index is 10.8. The molecule has 1 saturated carbocycles. The molecule has 1 saturated heterocycles. The summed E-state index contributed by atoms with van der Waals surface area (Å²) >= 11 is 0. The molecule has 1 aliphatic carbocycles. The van der Waals surface area contributed by atoms with Crippen LogP contribution in [0.5, 0.6) is 0 Å². The summed E-state index contributed by atoms with van der Waals surface area (Å²) in [5.41, 5.74) is 2.73. The molecule has 37 heavy (non-hydrogen) atoms. The molecule has 0 bridgehead atoms. The number of piperazine rings is 1. The fourth-order valence-electron chi connectivity index (χ4n) is 5.40. The second kappa shape index (κ2) is 11.3. The third-order valence-corrected chi connectivity index (χ3v) is 7.45. The van der Waals surface area contributed by atoms with Gasteiger partial charge in [-0.3, -0.25) is 9.80 Å². The summed E-state index contributed by atoms with van der Waals surface area (Å²) in [4.78, 5) is 20.2. The number of aliphatic hydroxyl groups is 3. The molecule has 2 atom stereocenters. The zero-order chi connectivity index (χ0) is 25.9. The Kier molecular flexibility index (Phi) is 7.87. The van der Waals surface area contributed by atoms with Crippen LogP contribution < -0.4 is 10.2 Å². The average Bonchev–Trinajstić information content (AvgIpc) is 3.56. The number of aliphatic hydroxyl groups excluding tert-OH is 3.